The first-order valence-electron chi connectivity index (χ1n) is 7.05. The molecule has 1 fully saturated rings. The molecule has 7 nitrogen and oxygen atoms in total. The number of rotatable bonds is 6. The van der Waals surface area contributed by atoms with Crippen LogP contribution in [-0.4, -0.2) is 58.1 Å². The quantitative estimate of drug-likeness (QED) is 0.755. The topological polar surface area (TPSA) is 84.9 Å². The Hall–Kier alpha value is -1.64. The van der Waals surface area contributed by atoms with E-state index in [2.05, 4.69) is 5.32 Å². The highest BCUT2D eigenvalue weighted by atomic mass is 32.2. The predicted molar refractivity (Wildman–Crippen MR) is 80.2 cm³/mol. The van der Waals surface area contributed by atoms with Crippen LogP contribution in [0.3, 0.4) is 0 Å². The predicted octanol–water partition coefficient (Wildman–Crippen LogP) is 0.222. The molecule has 0 unspecified atom stereocenters. The first-order valence-corrected chi connectivity index (χ1v) is 8.49. The molecular weight excluding hydrogens is 308 g/mol. The summed E-state index contributed by atoms with van der Waals surface area (Å²) in [5.74, 6) is 0.446. The lowest BCUT2D eigenvalue weighted by molar-refractivity contribution is -0.119. The fourth-order valence-corrected chi connectivity index (χ4v) is 3.45. The average molecular weight is 328 g/mol. The maximum absolute atomic E-state index is 12.4. The lowest BCUT2D eigenvalue weighted by Crippen LogP contribution is -2.40. The number of hydrogen-bond donors (Lipinski definition) is 1. The van der Waals surface area contributed by atoms with Crippen LogP contribution in [0.15, 0.2) is 29.2 Å². The van der Waals surface area contributed by atoms with Crippen molar-refractivity contribution in [1.29, 1.82) is 0 Å². The molecule has 122 valence electrons. The largest absolute Gasteiger partial charge is 0.492 e. The fraction of sp³-hybridized carbons (Fsp3) is 0.500. The van der Waals surface area contributed by atoms with Gasteiger partial charge >= 0.3 is 0 Å². The van der Waals surface area contributed by atoms with Crippen molar-refractivity contribution in [2.24, 2.45) is 0 Å². The van der Waals surface area contributed by atoms with Crippen molar-refractivity contribution in [1.82, 2.24) is 9.62 Å². The summed E-state index contributed by atoms with van der Waals surface area (Å²) in [5.41, 5.74) is 0. The minimum atomic E-state index is -3.47. The highest BCUT2D eigenvalue weighted by Crippen LogP contribution is 2.20. The van der Waals surface area contributed by atoms with Crippen molar-refractivity contribution in [2.75, 3.05) is 39.5 Å². The van der Waals surface area contributed by atoms with Gasteiger partial charge in [-0.05, 0) is 24.3 Å². The molecule has 8 heteroatoms. The van der Waals surface area contributed by atoms with E-state index >= 15 is 0 Å². The normalized spacial score (nSPS) is 16.2. The van der Waals surface area contributed by atoms with Gasteiger partial charge in [0.25, 0.3) is 0 Å². The van der Waals surface area contributed by atoms with Gasteiger partial charge < -0.3 is 14.8 Å². The van der Waals surface area contributed by atoms with E-state index in [9.17, 15) is 13.2 Å². The minimum Gasteiger partial charge on any atom is -0.492 e. The van der Waals surface area contributed by atoms with Crippen molar-refractivity contribution in [2.45, 2.75) is 11.8 Å². The number of ether oxygens (including phenoxy) is 2. The number of morpholine rings is 1. The lowest BCUT2D eigenvalue weighted by Gasteiger charge is -2.26. The molecule has 1 aromatic carbocycles. The number of nitrogens with one attached hydrogen (secondary N) is 1. The van der Waals surface area contributed by atoms with E-state index in [-0.39, 0.29) is 10.8 Å². The number of sulfonamides is 1. The second-order valence-electron chi connectivity index (χ2n) is 4.82. The van der Waals surface area contributed by atoms with E-state index in [0.29, 0.717) is 45.2 Å². The maximum Gasteiger partial charge on any atom is 0.243 e. The van der Waals surface area contributed by atoms with Crippen molar-refractivity contribution in [3.8, 4) is 5.75 Å². The molecule has 0 saturated carbocycles. The first kappa shape index (κ1) is 16.7. The molecule has 2 rings (SSSR count). The van der Waals surface area contributed by atoms with Crippen molar-refractivity contribution < 1.29 is 22.7 Å². The number of carbonyl (C=O) groups excluding carboxylic acids is 1. The Morgan fingerprint density at radius 2 is 1.91 bits per heavy atom. The van der Waals surface area contributed by atoms with Gasteiger partial charge in [0.2, 0.25) is 15.9 Å². The zero-order valence-corrected chi connectivity index (χ0v) is 13.3. The smallest absolute Gasteiger partial charge is 0.243 e. The molecule has 22 heavy (non-hydrogen) atoms. The molecule has 0 aromatic heterocycles. The first-order chi connectivity index (χ1) is 10.5. The second kappa shape index (κ2) is 7.57. The molecule has 1 amide bonds. The van der Waals surface area contributed by atoms with E-state index in [1.54, 1.807) is 12.1 Å². The van der Waals surface area contributed by atoms with Gasteiger partial charge in [-0.3, -0.25) is 4.79 Å². The zero-order chi connectivity index (χ0) is 16.0. The molecule has 0 atom stereocenters. The minimum absolute atomic E-state index is 0.115. The summed E-state index contributed by atoms with van der Waals surface area (Å²) in [6.07, 6.45) is 0. The summed E-state index contributed by atoms with van der Waals surface area (Å²) < 4.78 is 36.8. The molecule has 0 spiro atoms. The van der Waals surface area contributed by atoms with Crippen LogP contribution >= 0.6 is 0 Å². The molecule has 0 aliphatic carbocycles. The molecule has 1 heterocycles. The van der Waals surface area contributed by atoms with Crippen LogP contribution < -0.4 is 10.1 Å². The Morgan fingerprint density at radius 1 is 1.27 bits per heavy atom. The van der Waals surface area contributed by atoms with Crippen LogP contribution in [0.2, 0.25) is 0 Å². The van der Waals surface area contributed by atoms with E-state index in [0.717, 1.165) is 0 Å². The van der Waals surface area contributed by atoms with E-state index in [1.807, 2.05) is 0 Å². The van der Waals surface area contributed by atoms with Gasteiger partial charge in [-0.25, -0.2) is 8.42 Å². The maximum atomic E-state index is 12.4. The summed E-state index contributed by atoms with van der Waals surface area (Å²) in [5, 5.41) is 2.62. The highest BCUT2D eigenvalue weighted by Gasteiger charge is 2.26. The van der Waals surface area contributed by atoms with Crippen LogP contribution in [0.25, 0.3) is 0 Å². The number of benzene rings is 1. The molecule has 1 saturated heterocycles. The summed E-state index contributed by atoms with van der Waals surface area (Å²) in [6.45, 7) is 3.76. The van der Waals surface area contributed by atoms with Crippen molar-refractivity contribution in [3.05, 3.63) is 24.3 Å². The van der Waals surface area contributed by atoms with Gasteiger partial charge in [0.15, 0.2) is 0 Å². The number of carbonyl (C=O) groups is 1. The van der Waals surface area contributed by atoms with Gasteiger partial charge in [-0.15, -0.1) is 0 Å². The Bertz CT molecular complexity index is 594. The van der Waals surface area contributed by atoms with Gasteiger partial charge in [0.1, 0.15) is 12.4 Å². The third-order valence-corrected chi connectivity index (χ3v) is 5.09. The Morgan fingerprint density at radius 3 is 2.50 bits per heavy atom. The van der Waals surface area contributed by atoms with Crippen LogP contribution in [0.5, 0.6) is 5.75 Å². The van der Waals surface area contributed by atoms with Gasteiger partial charge in [0.05, 0.1) is 24.7 Å². The van der Waals surface area contributed by atoms with E-state index in [1.165, 1.54) is 23.4 Å². The molecule has 1 N–H and O–H groups in total. The van der Waals surface area contributed by atoms with Gasteiger partial charge in [-0.1, -0.05) is 0 Å². The van der Waals surface area contributed by atoms with Crippen molar-refractivity contribution >= 4 is 15.9 Å². The Balaban J connectivity index is 1.94. The summed E-state index contributed by atoms with van der Waals surface area (Å²) in [4.78, 5) is 11.0. The average Bonchev–Trinajstić information content (AvgIpc) is 2.53. The molecule has 0 radical (unpaired) electrons. The highest BCUT2D eigenvalue weighted by molar-refractivity contribution is 7.89. The van der Waals surface area contributed by atoms with Crippen LogP contribution in [0, 0.1) is 0 Å². The monoisotopic (exact) mass is 328 g/mol. The zero-order valence-electron chi connectivity index (χ0n) is 12.4. The van der Waals surface area contributed by atoms with E-state index < -0.39 is 10.0 Å². The molecule has 1 aromatic rings. The summed E-state index contributed by atoms with van der Waals surface area (Å²) in [7, 11) is -3.47. The Kier molecular flexibility index (Phi) is 5.76. The molecule has 1 aliphatic heterocycles. The third kappa shape index (κ3) is 4.43. The number of nitrogens with zero attached hydrogens (tertiary/aromatic N) is 1. The second-order valence-corrected chi connectivity index (χ2v) is 6.76. The van der Waals surface area contributed by atoms with Crippen LogP contribution in [0.1, 0.15) is 6.92 Å². The molecular formula is C14H20N2O5S. The van der Waals surface area contributed by atoms with Crippen LogP contribution in [-0.2, 0) is 19.6 Å². The fourth-order valence-electron chi connectivity index (χ4n) is 2.04. The standard InChI is InChI=1S/C14H20N2O5S/c1-12(17)15-6-9-21-13-2-4-14(5-3-13)22(18,19)16-7-10-20-11-8-16/h2-5H,6-11H2,1H3,(H,15,17). The van der Waals surface area contributed by atoms with Gasteiger partial charge in [0, 0.05) is 20.0 Å². The summed E-state index contributed by atoms with van der Waals surface area (Å²) in [6, 6.07) is 6.28. The Labute approximate surface area is 130 Å². The summed E-state index contributed by atoms with van der Waals surface area (Å²) >= 11 is 0. The number of amides is 1. The molecule has 1 aliphatic rings. The van der Waals surface area contributed by atoms with Crippen molar-refractivity contribution in [3.63, 3.8) is 0 Å². The third-order valence-electron chi connectivity index (χ3n) is 3.18. The SMILES string of the molecule is CC(=O)NCCOc1ccc(S(=O)(=O)N2CCOCC2)cc1. The number of hydrogen-bond acceptors (Lipinski definition) is 5. The molecule has 0 bridgehead atoms. The lowest BCUT2D eigenvalue weighted by atomic mass is 10.3. The van der Waals surface area contributed by atoms with Gasteiger partial charge in [-0.2, -0.15) is 4.31 Å². The van der Waals surface area contributed by atoms with Crippen LogP contribution in [0.4, 0.5) is 0 Å². The van der Waals surface area contributed by atoms with E-state index in [4.69, 9.17) is 9.47 Å².